The normalized spacial score (nSPS) is 22.4. The number of nitrogens with zero attached hydrogens (tertiary/aromatic N) is 2. The van der Waals surface area contributed by atoms with Crippen LogP contribution in [-0.4, -0.2) is 22.8 Å². The van der Waals surface area contributed by atoms with Crippen LogP contribution in [0.15, 0.2) is 78.9 Å². The third-order valence-corrected chi connectivity index (χ3v) is 6.30. The molecule has 34 heavy (non-hydrogen) atoms. The van der Waals surface area contributed by atoms with Gasteiger partial charge in [0.05, 0.1) is 23.8 Å². The molecule has 2 fully saturated rings. The second-order valence-corrected chi connectivity index (χ2v) is 8.60. The summed E-state index contributed by atoms with van der Waals surface area (Å²) >= 11 is 5.99. The van der Waals surface area contributed by atoms with Crippen molar-refractivity contribution in [1.29, 1.82) is 0 Å². The first kappa shape index (κ1) is 22.4. The summed E-state index contributed by atoms with van der Waals surface area (Å²) in [6.07, 6.45) is -5.58. The van der Waals surface area contributed by atoms with E-state index < -0.39 is 41.6 Å². The molecular weight excluding hydrogens is 469 g/mol. The number of halogens is 4. The number of carbonyl (C=O) groups excluding carboxylic acids is 2. The predicted molar refractivity (Wildman–Crippen MR) is 118 cm³/mol. The number of hydroxylamine groups is 1. The third-order valence-electron chi connectivity index (χ3n) is 6.05. The molecule has 2 amide bonds. The summed E-state index contributed by atoms with van der Waals surface area (Å²) in [5, 5.41) is 1.90. The average molecular weight is 487 g/mol. The van der Waals surface area contributed by atoms with Gasteiger partial charge in [0.2, 0.25) is 5.91 Å². The lowest BCUT2D eigenvalue weighted by molar-refractivity contribution is -0.144. The second-order valence-electron chi connectivity index (χ2n) is 8.17. The number of hydrogen-bond donors (Lipinski definition) is 0. The number of imide groups is 1. The number of hydrogen-bond acceptors (Lipinski definition) is 4. The molecule has 2 aliphatic heterocycles. The van der Waals surface area contributed by atoms with Gasteiger partial charge >= 0.3 is 6.18 Å². The molecule has 0 aromatic heterocycles. The number of alkyl halides is 3. The summed E-state index contributed by atoms with van der Waals surface area (Å²) < 4.78 is 39.3. The van der Waals surface area contributed by atoms with Crippen molar-refractivity contribution in [3.05, 3.63) is 101 Å². The van der Waals surface area contributed by atoms with Gasteiger partial charge in [-0.1, -0.05) is 54.1 Å². The van der Waals surface area contributed by atoms with Crippen LogP contribution in [0.2, 0.25) is 5.02 Å². The third kappa shape index (κ3) is 3.93. The lowest BCUT2D eigenvalue weighted by atomic mass is 9.90. The number of likely N-dealkylation sites (tertiary alicyclic amines) is 1. The van der Waals surface area contributed by atoms with Gasteiger partial charge in [-0.15, -0.1) is 0 Å². The highest BCUT2D eigenvalue weighted by molar-refractivity contribution is 6.30. The number of carbonyl (C=O) groups is 2. The Morgan fingerprint density at radius 1 is 0.853 bits per heavy atom. The van der Waals surface area contributed by atoms with Gasteiger partial charge in [-0.25, -0.2) is 5.06 Å². The fraction of sp³-hybridized carbons (Fsp3) is 0.200. The van der Waals surface area contributed by atoms with E-state index >= 15 is 0 Å². The maximum atomic E-state index is 13.4. The van der Waals surface area contributed by atoms with Crippen molar-refractivity contribution >= 4 is 29.1 Å². The Hall–Kier alpha value is -3.36. The molecule has 2 aliphatic rings. The Morgan fingerprint density at radius 2 is 1.50 bits per heavy atom. The Balaban J connectivity index is 1.52. The van der Waals surface area contributed by atoms with Crippen molar-refractivity contribution in [2.24, 2.45) is 5.92 Å². The van der Waals surface area contributed by atoms with E-state index in [1.54, 1.807) is 24.3 Å². The number of benzene rings is 3. The highest BCUT2D eigenvalue weighted by Crippen LogP contribution is 2.47. The second kappa shape index (κ2) is 8.45. The molecule has 5 nitrogen and oxygen atoms in total. The van der Waals surface area contributed by atoms with Crippen LogP contribution in [0, 0.1) is 5.92 Å². The van der Waals surface area contributed by atoms with Gasteiger partial charge in [-0.2, -0.15) is 13.2 Å². The molecule has 2 saturated heterocycles. The minimum Gasteiger partial charge on any atom is -0.275 e. The van der Waals surface area contributed by atoms with Gasteiger partial charge in [-0.05, 0) is 47.5 Å². The van der Waals surface area contributed by atoms with E-state index in [-0.39, 0.29) is 6.54 Å². The van der Waals surface area contributed by atoms with E-state index in [0.29, 0.717) is 16.3 Å². The lowest BCUT2D eigenvalue weighted by Crippen LogP contribution is -2.37. The first-order chi connectivity index (χ1) is 16.2. The lowest BCUT2D eigenvalue weighted by Gasteiger charge is -2.29. The minimum absolute atomic E-state index is 0.0928. The van der Waals surface area contributed by atoms with E-state index in [2.05, 4.69) is 0 Å². The Morgan fingerprint density at radius 3 is 2.12 bits per heavy atom. The zero-order valence-corrected chi connectivity index (χ0v) is 18.3. The molecule has 9 heteroatoms. The smallest absolute Gasteiger partial charge is 0.275 e. The van der Waals surface area contributed by atoms with Crippen molar-refractivity contribution in [3.63, 3.8) is 0 Å². The number of fused-ring (bicyclic) bond motifs is 1. The minimum atomic E-state index is -4.49. The van der Waals surface area contributed by atoms with Crippen LogP contribution in [0.25, 0.3) is 0 Å². The van der Waals surface area contributed by atoms with E-state index in [1.807, 2.05) is 30.3 Å². The first-order valence-electron chi connectivity index (χ1n) is 10.5. The highest BCUT2D eigenvalue weighted by Gasteiger charge is 2.59. The molecule has 0 aliphatic carbocycles. The van der Waals surface area contributed by atoms with Gasteiger partial charge in [-0.3, -0.25) is 19.3 Å². The van der Waals surface area contributed by atoms with Gasteiger partial charge < -0.3 is 0 Å². The average Bonchev–Trinajstić information content (AvgIpc) is 3.32. The molecule has 5 rings (SSSR count). The monoisotopic (exact) mass is 486 g/mol. The summed E-state index contributed by atoms with van der Waals surface area (Å²) in [6, 6.07) is 19.4. The molecule has 0 spiro atoms. The molecule has 3 aromatic carbocycles. The quantitative estimate of drug-likeness (QED) is 0.463. The van der Waals surface area contributed by atoms with Gasteiger partial charge in [0.1, 0.15) is 5.92 Å². The van der Waals surface area contributed by atoms with Crippen LogP contribution >= 0.6 is 11.6 Å². The van der Waals surface area contributed by atoms with Crippen molar-refractivity contribution in [3.8, 4) is 0 Å². The fourth-order valence-corrected chi connectivity index (χ4v) is 4.54. The van der Waals surface area contributed by atoms with Crippen molar-refractivity contribution < 1.29 is 27.6 Å². The maximum absolute atomic E-state index is 13.4. The maximum Gasteiger partial charge on any atom is 0.416 e. The predicted octanol–water partition coefficient (Wildman–Crippen LogP) is 5.41. The Labute approximate surface area is 198 Å². The van der Waals surface area contributed by atoms with Crippen molar-refractivity contribution in [1.82, 2.24) is 4.90 Å². The van der Waals surface area contributed by atoms with Crippen LogP contribution < -0.4 is 5.06 Å². The SMILES string of the molecule is O=C1C2ON(c3ccc(Cl)cc3)C(c3ccc(C(F)(F)F)cc3)C2C(=O)N1Cc1ccccc1. The Kier molecular flexibility index (Phi) is 5.58. The van der Waals surface area contributed by atoms with Crippen molar-refractivity contribution in [2.75, 3.05) is 5.06 Å². The summed E-state index contributed by atoms with van der Waals surface area (Å²) in [5.41, 5.74) is 0.936. The summed E-state index contributed by atoms with van der Waals surface area (Å²) in [7, 11) is 0. The summed E-state index contributed by atoms with van der Waals surface area (Å²) in [6.45, 7) is 0.0928. The molecule has 0 saturated carbocycles. The largest absolute Gasteiger partial charge is 0.416 e. The Bertz CT molecular complexity index is 1220. The molecular formula is C25H18ClF3N2O3. The number of amides is 2. The van der Waals surface area contributed by atoms with Crippen LogP contribution in [0.5, 0.6) is 0 Å². The molecule has 3 aromatic rings. The van der Waals surface area contributed by atoms with Crippen LogP contribution in [0.3, 0.4) is 0 Å². The van der Waals surface area contributed by atoms with E-state index in [9.17, 15) is 22.8 Å². The first-order valence-corrected chi connectivity index (χ1v) is 10.9. The molecule has 0 N–H and O–H groups in total. The summed E-state index contributed by atoms with van der Waals surface area (Å²) in [5.74, 6) is -1.82. The molecule has 3 atom stereocenters. The van der Waals surface area contributed by atoms with Gasteiger partial charge in [0.25, 0.3) is 5.91 Å². The summed E-state index contributed by atoms with van der Waals surface area (Å²) in [4.78, 5) is 33.8. The molecule has 0 bridgehead atoms. The fourth-order valence-electron chi connectivity index (χ4n) is 4.41. The standard InChI is InChI=1S/C25H18ClF3N2O3/c26-18-10-12-19(13-11-18)31-21(16-6-8-17(9-7-16)25(27,28)29)20-22(34-31)24(33)30(23(20)32)14-15-4-2-1-3-5-15/h1-13,20-22H,14H2. The van der Waals surface area contributed by atoms with Crippen LogP contribution in [0.1, 0.15) is 22.7 Å². The van der Waals surface area contributed by atoms with E-state index in [4.69, 9.17) is 16.4 Å². The molecule has 174 valence electrons. The number of anilines is 1. The van der Waals surface area contributed by atoms with Crippen LogP contribution in [-0.2, 0) is 27.1 Å². The van der Waals surface area contributed by atoms with Crippen molar-refractivity contribution in [2.45, 2.75) is 24.9 Å². The zero-order chi connectivity index (χ0) is 24.0. The zero-order valence-electron chi connectivity index (χ0n) is 17.6. The van der Waals surface area contributed by atoms with Crippen LogP contribution in [0.4, 0.5) is 18.9 Å². The molecule has 2 heterocycles. The van der Waals surface area contributed by atoms with Gasteiger partial charge in [0, 0.05) is 5.02 Å². The van der Waals surface area contributed by atoms with E-state index in [1.165, 1.54) is 17.2 Å². The van der Waals surface area contributed by atoms with E-state index in [0.717, 1.165) is 22.6 Å². The topological polar surface area (TPSA) is 49.9 Å². The molecule has 3 unspecified atom stereocenters. The highest BCUT2D eigenvalue weighted by atomic mass is 35.5. The molecule has 0 radical (unpaired) electrons. The number of rotatable bonds is 4. The van der Waals surface area contributed by atoms with Gasteiger partial charge in [0.15, 0.2) is 6.10 Å².